The summed E-state index contributed by atoms with van der Waals surface area (Å²) in [6.07, 6.45) is 2.91. The van der Waals surface area contributed by atoms with Crippen LogP contribution < -0.4 is 10.4 Å². The summed E-state index contributed by atoms with van der Waals surface area (Å²) in [5.41, 5.74) is 2.66. The molecule has 0 aliphatic carbocycles. The average molecular weight is 547 g/mol. The second kappa shape index (κ2) is 14.9. The minimum atomic E-state index is -1.14. The number of morpholine rings is 1. The van der Waals surface area contributed by atoms with E-state index in [9.17, 15) is 14.7 Å². The van der Waals surface area contributed by atoms with Gasteiger partial charge in [0.1, 0.15) is 12.1 Å². The Hall–Kier alpha value is -4.13. The molecule has 9 heteroatoms. The molecule has 0 aromatic heterocycles. The predicted octanol–water partition coefficient (Wildman–Crippen LogP) is 2.39. The average Bonchev–Trinajstić information content (AvgIpc) is 2.93. The zero-order valence-corrected chi connectivity index (χ0v) is 23.4. The number of allylic oxidation sites excluding steroid dienone is 1. The van der Waals surface area contributed by atoms with E-state index in [0.29, 0.717) is 5.56 Å². The molecule has 1 atom stereocenters. The number of rotatable bonds is 8. The van der Waals surface area contributed by atoms with Crippen LogP contribution in [0.4, 0.5) is 0 Å². The van der Waals surface area contributed by atoms with Crippen LogP contribution in [0.25, 0.3) is 6.08 Å². The number of hydrogen-bond acceptors (Lipinski definition) is 8. The summed E-state index contributed by atoms with van der Waals surface area (Å²) in [6.45, 7) is 9.24. The van der Waals surface area contributed by atoms with Crippen LogP contribution in [0.5, 0.6) is 0 Å². The molecule has 9 nitrogen and oxygen atoms in total. The summed E-state index contributed by atoms with van der Waals surface area (Å²) in [7, 11) is 1.19. The molecule has 1 fully saturated rings. The summed E-state index contributed by atoms with van der Waals surface area (Å²) in [5, 5.41) is 14.4. The SMILES string of the molecule is COC(=O)[C@H](CN=C([O-])OC(C)(C)C)NC(=O)c1ccc(C#C/C=C/c2ccc(CN3CCOCC3)cc2)cc1. The molecule has 212 valence electrons. The highest BCUT2D eigenvalue weighted by Crippen LogP contribution is 2.11. The Labute approximate surface area is 235 Å². The fourth-order valence-electron chi connectivity index (χ4n) is 3.74. The number of nitrogens with one attached hydrogen (secondary N) is 1. The molecule has 1 amide bonds. The maximum absolute atomic E-state index is 12.7. The van der Waals surface area contributed by atoms with Crippen LogP contribution in [0, 0.1) is 11.8 Å². The van der Waals surface area contributed by atoms with Crippen molar-refractivity contribution in [2.45, 2.75) is 39.0 Å². The number of ether oxygens (including phenoxy) is 3. The summed E-state index contributed by atoms with van der Waals surface area (Å²) in [5.74, 6) is 4.82. The number of esters is 1. The molecule has 1 aliphatic rings. The Morgan fingerprint density at radius 1 is 1.12 bits per heavy atom. The van der Waals surface area contributed by atoms with Gasteiger partial charge < -0.3 is 24.6 Å². The molecule has 2 aromatic rings. The maximum atomic E-state index is 12.7. The van der Waals surface area contributed by atoms with Crippen molar-refractivity contribution in [2.75, 3.05) is 40.0 Å². The van der Waals surface area contributed by atoms with E-state index in [4.69, 9.17) is 14.2 Å². The Kier molecular flexibility index (Phi) is 11.3. The van der Waals surface area contributed by atoms with Crippen molar-refractivity contribution in [3.05, 3.63) is 76.9 Å². The third-order valence-electron chi connectivity index (χ3n) is 5.80. The van der Waals surface area contributed by atoms with E-state index >= 15 is 0 Å². The summed E-state index contributed by atoms with van der Waals surface area (Å²) in [4.78, 5) is 30.9. The lowest BCUT2D eigenvalue weighted by Crippen LogP contribution is -2.44. The molecule has 1 heterocycles. The van der Waals surface area contributed by atoms with E-state index < -0.39 is 29.6 Å². The number of carbonyl (C=O) groups excluding carboxylic acids is 2. The number of benzene rings is 2. The highest BCUT2D eigenvalue weighted by Gasteiger charge is 2.22. The van der Waals surface area contributed by atoms with Gasteiger partial charge in [-0.2, -0.15) is 0 Å². The molecule has 0 radical (unpaired) electrons. The number of hydrogen-bond donors (Lipinski definition) is 1. The van der Waals surface area contributed by atoms with E-state index in [0.717, 1.165) is 44.0 Å². The van der Waals surface area contributed by atoms with Crippen molar-refractivity contribution in [2.24, 2.45) is 4.99 Å². The maximum Gasteiger partial charge on any atom is 0.330 e. The molecule has 1 N–H and O–H groups in total. The van der Waals surface area contributed by atoms with E-state index in [-0.39, 0.29) is 6.54 Å². The molecule has 0 unspecified atom stereocenters. The van der Waals surface area contributed by atoms with Crippen LogP contribution in [0.3, 0.4) is 0 Å². The largest absolute Gasteiger partial charge is 0.595 e. The molecular formula is C31H36N3O6-. The molecular weight excluding hydrogens is 510 g/mol. The molecule has 2 aromatic carbocycles. The van der Waals surface area contributed by atoms with Crippen LogP contribution in [0.15, 0.2) is 59.6 Å². The molecule has 0 spiro atoms. The molecule has 1 saturated heterocycles. The molecule has 0 bridgehead atoms. The van der Waals surface area contributed by atoms with Gasteiger partial charge in [0.15, 0.2) is 0 Å². The number of amides is 1. The lowest BCUT2D eigenvalue weighted by atomic mass is 10.1. The number of carbonyl (C=O) groups is 2. The minimum absolute atomic E-state index is 0.306. The summed E-state index contributed by atoms with van der Waals surface area (Å²) >= 11 is 0. The fraction of sp³-hybridized carbons (Fsp3) is 0.387. The van der Waals surface area contributed by atoms with Gasteiger partial charge in [0.25, 0.3) is 5.91 Å². The Bertz CT molecular complexity index is 1250. The van der Waals surface area contributed by atoms with Crippen LogP contribution in [0.1, 0.15) is 47.8 Å². The third kappa shape index (κ3) is 10.6. The van der Waals surface area contributed by atoms with Crippen molar-refractivity contribution in [1.82, 2.24) is 10.2 Å². The van der Waals surface area contributed by atoms with Crippen LogP contribution >= 0.6 is 0 Å². The highest BCUT2D eigenvalue weighted by atomic mass is 16.6. The topological polar surface area (TPSA) is 113 Å². The molecule has 0 saturated carbocycles. The van der Waals surface area contributed by atoms with Crippen molar-refractivity contribution in [3.63, 3.8) is 0 Å². The van der Waals surface area contributed by atoms with Gasteiger partial charge in [-0.05, 0) is 47.5 Å². The second-order valence-corrected chi connectivity index (χ2v) is 10.2. The van der Waals surface area contributed by atoms with Gasteiger partial charge in [0.05, 0.1) is 26.9 Å². The van der Waals surface area contributed by atoms with Crippen molar-refractivity contribution in [3.8, 4) is 11.8 Å². The van der Waals surface area contributed by atoms with Crippen molar-refractivity contribution < 1.29 is 28.9 Å². The van der Waals surface area contributed by atoms with Crippen molar-refractivity contribution >= 4 is 24.0 Å². The number of aliphatic imine (C=N–C) groups is 1. The van der Waals surface area contributed by atoms with E-state index in [1.165, 1.54) is 12.7 Å². The Morgan fingerprint density at radius 2 is 1.80 bits per heavy atom. The van der Waals surface area contributed by atoms with E-state index in [1.807, 2.05) is 6.08 Å². The second-order valence-electron chi connectivity index (χ2n) is 10.2. The zero-order valence-electron chi connectivity index (χ0n) is 23.4. The van der Waals surface area contributed by atoms with Crippen LogP contribution in [-0.4, -0.2) is 74.5 Å². The zero-order chi connectivity index (χ0) is 29.0. The first-order valence-corrected chi connectivity index (χ1v) is 13.1. The van der Waals surface area contributed by atoms with Gasteiger partial charge in [-0.1, -0.05) is 56.9 Å². The summed E-state index contributed by atoms with van der Waals surface area (Å²) < 4.78 is 15.2. The molecule has 3 rings (SSSR count). The van der Waals surface area contributed by atoms with Gasteiger partial charge in [0, 0.05) is 36.4 Å². The monoisotopic (exact) mass is 546 g/mol. The molecule has 1 aliphatic heterocycles. The van der Waals surface area contributed by atoms with Crippen LogP contribution in [-0.2, 0) is 25.5 Å². The quantitative estimate of drug-likeness (QED) is 0.234. The lowest BCUT2D eigenvalue weighted by molar-refractivity contribution is -0.260. The third-order valence-corrected chi connectivity index (χ3v) is 5.80. The fourth-order valence-corrected chi connectivity index (χ4v) is 3.74. The van der Waals surface area contributed by atoms with E-state index in [2.05, 4.69) is 51.3 Å². The predicted molar refractivity (Wildman–Crippen MR) is 151 cm³/mol. The smallest absolute Gasteiger partial charge is 0.330 e. The summed E-state index contributed by atoms with van der Waals surface area (Å²) in [6, 6.07) is 13.9. The van der Waals surface area contributed by atoms with Gasteiger partial charge in [-0.25, -0.2) is 4.79 Å². The van der Waals surface area contributed by atoms with Gasteiger partial charge >= 0.3 is 5.97 Å². The first-order chi connectivity index (χ1) is 19.1. The first-order valence-electron chi connectivity index (χ1n) is 13.1. The van der Waals surface area contributed by atoms with E-state index in [1.54, 1.807) is 51.1 Å². The van der Waals surface area contributed by atoms with Gasteiger partial charge in [0.2, 0.25) is 0 Å². The number of methoxy groups -OCH3 is 1. The Morgan fingerprint density at radius 3 is 2.42 bits per heavy atom. The van der Waals surface area contributed by atoms with Crippen LogP contribution in [0.2, 0.25) is 0 Å². The number of nitrogens with zero attached hydrogens (tertiary/aromatic N) is 2. The Balaban J connectivity index is 1.53. The normalized spacial score (nSPS) is 15.2. The lowest BCUT2D eigenvalue weighted by Gasteiger charge is -2.29. The standard InChI is InChI=1S/C31H37N3O6/c1-31(2,3)40-30(37)32-21-27(29(36)38-4)33-28(35)26-15-13-24(14-16-26)8-6-5-7-23-9-11-25(12-10-23)22-34-17-19-39-20-18-34/h5,7,9-16,27H,17-22H2,1-4H3,(H,32,37)(H,33,35)/p-1/b7-5+/t27-/m0/s1. The van der Waals surface area contributed by atoms with Gasteiger partial charge in [-0.15, -0.1) is 0 Å². The minimum Gasteiger partial charge on any atom is -0.595 e. The highest BCUT2D eigenvalue weighted by molar-refractivity contribution is 5.97. The van der Waals surface area contributed by atoms with Crippen molar-refractivity contribution in [1.29, 1.82) is 0 Å². The molecule has 40 heavy (non-hydrogen) atoms. The van der Waals surface area contributed by atoms with Gasteiger partial charge in [-0.3, -0.25) is 14.7 Å². The first kappa shape index (κ1) is 30.4.